The summed E-state index contributed by atoms with van der Waals surface area (Å²) in [5, 5.41) is 5.10. The molecule has 0 aromatic carbocycles. The molecule has 17 heteroatoms. The lowest BCUT2D eigenvalue weighted by Crippen LogP contribution is -2.33. The van der Waals surface area contributed by atoms with E-state index in [1.807, 2.05) is 0 Å². The number of sulfone groups is 1. The predicted molar refractivity (Wildman–Crippen MR) is 112 cm³/mol. The van der Waals surface area contributed by atoms with Crippen molar-refractivity contribution in [3.05, 3.63) is 35.8 Å². The molecule has 36 heavy (non-hydrogen) atoms. The van der Waals surface area contributed by atoms with Crippen LogP contribution in [0.2, 0.25) is 0 Å². The van der Waals surface area contributed by atoms with E-state index in [-0.39, 0.29) is 33.8 Å². The van der Waals surface area contributed by atoms with Crippen LogP contribution in [-0.4, -0.2) is 61.9 Å². The van der Waals surface area contributed by atoms with Crippen molar-refractivity contribution < 1.29 is 39.6 Å². The Labute approximate surface area is 197 Å². The maximum absolute atomic E-state index is 13.1. The molecule has 0 bridgehead atoms. The van der Waals surface area contributed by atoms with Gasteiger partial charge in [0.25, 0.3) is 5.91 Å². The van der Waals surface area contributed by atoms with Gasteiger partial charge in [-0.05, 0) is 6.07 Å². The number of carbonyl (C=O) groups excluding carboxylic acids is 1. The van der Waals surface area contributed by atoms with Gasteiger partial charge in [-0.3, -0.25) is 4.79 Å². The SMILES string of the molecule is CCS(=O)(=O)c1nn2cc(C(=O)NCC(F)(F)F)cnc2c1-c1nc2cc(C(F)(F)F)cnc2n1C. The number of hydrogen-bond acceptors (Lipinski definition) is 7. The predicted octanol–water partition coefficient (Wildman–Crippen LogP) is 2.78. The van der Waals surface area contributed by atoms with Crippen molar-refractivity contribution in [2.24, 2.45) is 7.05 Å². The lowest BCUT2D eigenvalue weighted by Gasteiger charge is -2.08. The highest BCUT2D eigenvalue weighted by Gasteiger charge is 2.33. The lowest BCUT2D eigenvalue weighted by atomic mass is 10.2. The maximum Gasteiger partial charge on any atom is 0.417 e. The summed E-state index contributed by atoms with van der Waals surface area (Å²) in [4.78, 5) is 24.0. The van der Waals surface area contributed by atoms with Crippen LogP contribution in [0, 0.1) is 0 Å². The van der Waals surface area contributed by atoms with E-state index in [0.717, 1.165) is 23.0 Å². The van der Waals surface area contributed by atoms with Crippen molar-refractivity contribution in [3.63, 3.8) is 0 Å². The van der Waals surface area contributed by atoms with Crippen LogP contribution in [0.5, 0.6) is 0 Å². The van der Waals surface area contributed by atoms with Crippen molar-refractivity contribution in [2.45, 2.75) is 24.3 Å². The van der Waals surface area contributed by atoms with Gasteiger partial charge in [-0.2, -0.15) is 31.4 Å². The highest BCUT2D eigenvalue weighted by Crippen LogP contribution is 2.34. The van der Waals surface area contributed by atoms with Gasteiger partial charge in [0.15, 0.2) is 26.2 Å². The molecule has 0 spiro atoms. The van der Waals surface area contributed by atoms with E-state index >= 15 is 0 Å². The van der Waals surface area contributed by atoms with Crippen LogP contribution in [0.25, 0.3) is 28.2 Å². The molecule has 0 unspecified atom stereocenters. The monoisotopic (exact) mass is 535 g/mol. The summed E-state index contributed by atoms with van der Waals surface area (Å²) < 4.78 is 104. The Bertz CT molecular complexity index is 1610. The Hall–Kier alpha value is -3.76. The average molecular weight is 535 g/mol. The second kappa shape index (κ2) is 8.42. The van der Waals surface area contributed by atoms with Crippen molar-refractivity contribution in [1.82, 2.24) is 34.4 Å². The fourth-order valence-corrected chi connectivity index (χ4v) is 4.30. The number of halogens is 6. The number of fused-ring (bicyclic) bond motifs is 2. The molecule has 4 aromatic rings. The van der Waals surface area contributed by atoms with Crippen LogP contribution >= 0.6 is 0 Å². The quantitative estimate of drug-likeness (QED) is 0.390. The molecule has 1 N–H and O–H groups in total. The zero-order valence-electron chi connectivity index (χ0n) is 18.3. The van der Waals surface area contributed by atoms with Gasteiger partial charge in [-0.25, -0.2) is 27.9 Å². The first-order valence-electron chi connectivity index (χ1n) is 9.98. The van der Waals surface area contributed by atoms with E-state index in [9.17, 15) is 39.6 Å². The Balaban J connectivity index is 1.91. The van der Waals surface area contributed by atoms with Crippen molar-refractivity contribution in [3.8, 4) is 11.4 Å². The fraction of sp³-hybridized carbons (Fsp3) is 0.316. The van der Waals surface area contributed by atoms with Crippen LogP contribution in [0.3, 0.4) is 0 Å². The molecule has 0 radical (unpaired) electrons. The molecule has 0 saturated carbocycles. The zero-order valence-corrected chi connectivity index (χ0v) is 19.1. The van der Waals surface area contributed by atoms with Gasteiger partial charge in [0.1, 0.15) is 23.4 Å². The third-order valence-electron chi connectivity index (χ3n) is 5.09. The molecule has 192 valence electrons. The average Bonchev–Trinajstić information content (AvgIpc) is 3.33. The van der Waals surface area contributed by atoms with Crippen molar-refractivity contribution in [2.75, 3.05) is 12.3 Å². The molecule has 10 nitrogen and oxygen atoms in total. The highest BCUT2D eigenvalue weighted by atomic mass is 32.2. The third-order valence-corrected chi connectivity index (χ3v) is 6.72. The van der Waals surface area contributed by atoms with Crippen LogP contribution in [-0.2, 0) is 23.1 Å². The normalized spacial score (nSPS) is 13.0. The molecular weight excluding hydrogens is 520 g/mol. The first-order valence-corrected chi connectivity index (χ1v) is 11.6. The van der Waals surface area contributed by atoms with E-state index in [2.05, 4.69) is 20.1 Å². The van der Waals surface area contributed by atoms with E-state index in [1.165, 1.54) is 18.5 Å². The van der Waals surface area contributed by atoms with Gasteiger partial charge >= 0.3 is 12.4 Å². The number of hydrogen-bond donors (Lipinski definition) is 1. The molecular formula is C19H15F6N7O3S. The van der Waals surface area contributed by atoms with E-state index < -0.39 is 51.0 Å². The van der Waals surface area contributed by atoms with E-state index in [0.29, 0.717) is 6.20 Å². The van der Waals surface area contributed by atoms with Crippen LogP contribution in [0.1, 0.15) is 22.8 Å². The molecule has 4 rings (SSSR count). The lowest BCUT2D eigenvalue weighted by molar-refractivity contribution is -0.137. The number of amides is 1. The van der Waals surface area contributed by atoms with Crippen LogP contribution in [0.4, 0.5) is 26.3 Å². The Morgan fingerprint density at radius 3 is 2.36 bits per heavy atom. The second-order valence-corrected chi connectivity index (χ2v) is 9.74. The largest absolute Gasteiger partial charge is 0.417 e. The van der Waals surface area contributed by atoms with Gasteiger partial charge in [0.2, 0.25) is 0 Å². The summed E-state index contributed by atoms with van der Waals surface area (Å²) in [5.41, 5.74) is -1.89. The van der Waals surface area contributed by atoms with Gasteiger partial charge in [0.05, 0.1) is 16.9 Å². The molecule has 4 heterocycles. The van der Waals surface area contributed by atoms with Crippen molar-refractivity contribution in [1.29, 1.82) is 0 Å². The maximum atomic E-state index is 13.1. The summed E-state index contributed by atoms with van der Waals surface area (Å²) in [7, 11) is -2.66. The third kappa shape index (κ3) is 4.57. The summed E-state index contributed by atoms with van der Waals surface area (Å²) >= 11 is 0. The number of aryl methyl sites for hydroxylation is 1. The number of alkyl halides is 6. The summed E-state index contributed by atoms with van der Waals surface area (Å²) in [6.07, 6.45) is -6.84. The summed E-state index contributed by atoms with van der Waals surface area (Å²) in [6.45, 7) is -0.269. The first-order chi connectivity index (χ1) is 16.6. The van der Waals surface area contributed by atoms with Crippen LogP contribution in [0.15, 0.2) is 29.7 Å². The van der Waals surface area contributed by atoms with Gasteiger partial charge < -0.3 is 9.88 Å². The van der Waals surface area contributed by atoms with E-state index in [1.54, 1.807) is 5.32 Å². The standard InChI is InChI=1S/C19H15F6N7O3S/c1-3-36(34,35)17-12(15-29-11-4-10(19(23,24)25)6-27-13(11)31(15)2)14-26-5-9(7-32(14)30-17)16(33)28-8-18(20,21)22/h4-7H,3,8H2,1-2H3,(H,28,33). The molecule has 4 aromatic heterocycles. The Morgan fingerprint density at radius 2 is 1.75 bits per heavy atom. The number of nitrogens with one attached hydrogen (secondary N) is 1. The molecule has 0 saturated heterocycles. The molecule has 0 atom stereocenters. The molecule has 0 aliphatic carbocycles. The summed E-state index contributed by atoms with van der Waals surface area (Å²) in [6, 6.07) is 0.752. The molecule has 0 aliphatic rings. The number of nitrogens with zero attached hydrogens (tertiary/aromatic N) is 6. The second-order valence-electron chi connectivity index (χ2n) is 7.55. The van der Waals surface area contributed by atoms with E-state index in [4.69, 9.17) is 0 Å². The Kier molecular flexibility index (Phi) is 5.93. The van der Waals surface area contributed by atoms with Crippen molar-refractivity contribution >= 4 is 32.6 Å². The zero-order chi connectivity index (χ0) is 26.6. The number of carbonyl (C=O) groups is 1. The molecule has 1 amide bonds. The van der Waals surface area contributed by atoms with Gasteiger partial charge in [0, 0.05) is 25.6 Å². The number of rotatable bonds is 5. The molecule has 0 aliphatic heterocycles. The number of aromatic nitrogens is 6. The fourth-order valence-electron chi connectivity index (χ4n) is 3.32. The highest BCUT2D eigenvalue weighted by molar-refractivity contribution is 7.91. The van der Waals surface area contributed by atoms with Gasteiger partial charge in [-0.1, -0.05) is 6.92 Å². The minimum absolute atomic E-state index is 0.0142. The summed E-state index contributed by atoms with van der Waals surface area (Å²) in [5.74, 6) is -1.67. The minimum atomic E-state index is -4.69. The topological polar surface area (TPSA) is 124 Å². The minimum Gasteiger partial charge on any atom is -0.343 e. The Morgan fingerprint density at radius 1 is 1.08 bits per heavy atom. The molecule has 0 fully saturated rings. The smallest absolute Gasteiger partial charge is 0.343 e. The van der Waals surface area contributed by atoms with Crippen LogP contribution < -0.4 is 5.32 Å². The van der Waals surface area contributed by atoms with Gasteiger partial charge in [-0.15, -0.1) is 0 Å². The first kappa shape index (κ1) is 25.3. The number of pyridine rings is 1. The number of imidazole rings is 1.